The average Bonchev–Trinajstić information content (AvgIpc) is 2.18. The molecule has 8 nitrogen and oxygen atoms in total. The maximum atomic E-state index is 12.0. The molecule has 0 aromatic carbocycles. The molecule has 114 valence electrons. The second kappa shape index (κ2) is 5.92. The third kappa shape index (κ3) is 4.62. The van der Waals surface area contributed by atoms with Gasteiger partial charge in [-0.25, -0.2) is 0 Å². The highest BCUT2D eigenvalue weighted by Crippen LogP contribution is 2.64. The molecule has 0 saturated carbocycles. The van der Waals surface area contributed by atoms with Crippen molar-refractivity contribution in [3.63, 3.8) is 0 Å². The molecule has 0 aliphatic carbocycles. The van der Waals surface area contributed by atoms with E-state index in [4.69, 9.17) is 0 Å². The van der Waals surface area contributed by atoms with Gasteiger partial charge in [0, 0.05) is 13.1 Å². The quantitative estimate of drug-likeness (QED) is 0.540. The zero-order chi connectivity index (χ0) is 14.9. The Morgan fingerprint density at radius 1 is 1.26 bits per heavy atom. The molecule has 0 aromatic rings. The first-order chi connectivity index (χ1) is 8.49. The van der Waals surface area contributed by atoms with Crippen LogP contribution in [0.1, 0.15) is 26.7 Å². The predicted octanol–water partition coefficient (Wildman–Crippen LogP) is 0.516. The fraction of sp³-hybridized carbons (Fsp3) is 1.00. The molecule has 1 aliphatic heterocycles. The molecular weight excluding hydrogens is 296 g/mol. The van der Waals surface area contributed by atoms with E-state index in [1.807, 2.05) is 0 Å². The minimum atomic E-state index is -4.83. The van der Waals surface area contributed by atoms with Crippen molar-refractivity contribution in [1.29, 1.82) is 0 Å². The SMILES string of the molecule is CCOP(=O)(O)C(N1CCC(C)(O)CC1)P(=O)(O)O. The standard InChI is InChI=1S/C9H21NO7P2/c1-3-17-19(15,16)8(18(12,13)14)10-6-4-9(2,11)5-7-10/h8,11H,3-7H2,1-2H3,(H,15,16)(H2,12,13,14). The summed E-state index contributed by atoms with van der Waals surface area (Å²) in [6, 6.07) is 0. The molecule has 1 rings (SSSR count). The van der Waals surface area contributed by atoms with Crippen LogP contribution in [-0.2, 0) is 13.7 Å². The van der Waals surface area contributed by atoms with Gasteiger partial charge in [-0.1, -0.05) is 0 Å². The Kier molecular flexibility index (Phi) is 5.38. The van der Waals surface area contributed by atoms with Crippen molar-refractivity contribution in [2.24, 2.45) is 0 Å². The van der Waals surface area contributed by atoms with Gasteiger partial charge >= 0.3 is 15.2 Å². The van der Waals surface area contributed by atoms with Crippen LogP contribution in [0.3, 0.4) is 0 Å². The lowest BCUT2D eigenvalue weighted by Gasteiger charge is -2.40. The Balaban J connectivity index is 2.95. The van der Waals surface area contributed by atoms with Crippen molar-refractivity contribution in [3.05, 3.63) is 0 Å². The lowest BCUT2D eigenvalue weighted by molar-refractivity contribution is -0.00714. The Labute approximate surface area is 112 Å². The summed E-state index contributed by atoms with van der Waals surface area (Å²) in [5.41, 5.74) is -2.78. The molecule has 0 radical (unpaired) electrons. The molecule has 1 saturated heterocycles. The highest BCUT2D eigenvalue weighted by atomic mass is 31.2. The van der Waals surface area contributed by atoms with Gasteiger partial charge in [0.25, 0.3) is 0 Å². The monoisotopic (exact) mass is 317 g/mol. The van der Waals surface area contributed by atoms with Gasteiger partial charge < -0.3 is 24.3 Å². The van der Waals surface area contributed by atoms with Crippen LogP contribution in [0.5, 0.6) is 0 Å². The van der Waals surface area contributed by atoms with Crippen LogP contribution >= 0.6 is 15.2 Å². The molecule has 0 spiro atoms. The number of aliphatic hydroxyl groups is 1. The maximum absolute atomic E-state index is 12.0. The Morgan fingerprint density at radius 3 is 2.11 bits per heavy atom. The third-order valence-electron chi connectivity index (χ3n) is 3.11. The van der Waals surface area contributed by atoms with Crippen LogP contribution in [0.15, 0.2) is 0 Å². The minimum Gasteiger partial charge on any atom is -0.390 e. The van der Waals surface area contributed by atoms with E-state index in [-0.39, 0.29) is 32.5 Å². The number of nitrogens with zero attached hydrogens (tertiary/aromatic N) is 1. The van der Waals surface area contributed by atoms with Gasteiger partial charge in [0.1, 0.15) is 0 Å². The Bertz CT molecular complexity index is 397. The predicted molar refractivity (Wildman–Crippen MR) is 68.7 cm³/mol. The van der Waals surface area contributed by atoms with Crippen LogP contribution in [0.2, 0.25) is 0 Å². The van der Waals surface area contributed by atoms with E-state index in [2.05, 4.69) is 4.52 Å². The van der Waals surface area contributed by atoms with Gasteiger partial charge in [0.15, 0.2) is 0 Å². The molecule has 1 fully saturated rings. The number of hydrogen-bond acceptors (Lipinski definition) is 5. The fourth-order valence-electron chi connectivity index (χ4n) is 2.10. The van der Waals surface area contributed by atoms with E-state index >= 15 is 0 Å². The van der Waals surface area contributed by atoms with Crippen molar-refractivity contribution < 1.29 is 33.4 Å². The first kappa shape index (κ1) is 17.3. The molecule has 0 amide bonds. The van der Waals surface area contributed by atoms with E-state index in [0.717, 1.165) is 0 Å². The largest absolute Gasteiger partial charge is 0.390 e. The molecule has 4 N–H and O–H groups in total. The summed E-state index contributed by atoms with van der Waals surface area (Å²) in [5, 5.41) is 9.80. The summed E-state index contributed by atoms with van der Waals surface area (Å²) in [6.07, 6.45) is 0.547. The van der Waals surface area contributed by atoms with Crippen LogP contribution < -0.4 is 0 Å². The number of likely N-dealkylation sites (tertiary alicyclic amines) is 1. The second-order valence-electron chi connectivity index (χ2n) is 4.95. The van der Waals surface area contributed by atoms with Crippen LogP contribution in [-0.4, -0.2) is 55.5 Å². The van der Waals surface area contributed by atoms with E-state index in [9.17, 15) is 28.9 Å². The lowest BCUT2D eigenvalue weighted by atomic mass is 9.94. The van der Waals surface area contributed by atoms with Crippen molar-refractivity contribution in [3.8, 4) is 0 Å². The zero-order valence-electron chi connectivity index (χ0n) is 11.0. The van der Waals surface area contributed by atoms with Crippen LogP contribution in [0.25, 0.3) is 0 Å². The van der Waals surface area contributed by atoms with E-state index in [1.54, 1.807) is 6.92 Å². The van der Waals surface area contributed by atoms with Crippen molar-refractivity contribution in [2.75, 3.05) is 19.7 Å². The molecule has 1 aliphatic rings. The topological polar surface area (TPSA) is 128 Å². The molecule has 0 bridgehead atoms. The van der Waals surface area contributed by atoms with Crippen LogP contribution in [0.4, 0.5) is 0 Å². The van der Waals surface area contributed by atoms with Gasteiger partial charge in [0.2, 0.25) is 5.52 Å². The van der Waals surface area contributed by atoms with E-state index in [0.29, 0.717) is 0 Å². The van der Waals surface area contributed by atoms with Crippen molar-refractivity contribution in [2.45, 2.75) is 37.8 Å². The summed E-state index contributed by atoms with van der Waals surface area (Å²) in [4.78, 5) is 29.6. The summed E-state index contributed by atoms with van der Waals surface area (Å²) in [5.74, 6) is 0. The lowest BCUT2D eigenvalue weighted by Crippen LogP contribution is -2.47. The minimum absolute atomic E-state index is 0.115. The number of hydrogen-bond donors (Lipinski definition) is 4. The van der Waals surface area contributed by atoms with Crippen molar-refractivity contribution >= 4 is 15.2 Å². The average molecular weight is 317 g/mol. The van der Waals surface area contributed by atoms with E-state index in [1.165, 1.54) is 11.8 Å². The first-order valence-corrected chi connectivity index (χ1v) is 9.31. The summed E-state index contributed by atoms with van der Waals surface area (Å²) in [6.45, 7) is 3.23. The van der Waals surface area contributed by atoms with Crippen LogP contribution in [0, 0.1) is 0 Å². The van der Waals surface area contributed by atoms with Crippen molar-refractivity contribution in [1.82, 2.24) is 4.90 Å². The number of piperidine rings is 1. The summed E-state index contributed by atoms with van der Waals surface area (Å²) in [7, 11) is -9.28. The molecular formula is C9H21NO7P2. The number of rotatable bonds is 5. The fourth-order valence-corrected chi connectivity index (χ4v) is 5.62. The highest BCUT2D eigenvalue weighted by Gasteiger charge is 2.50. The molecule has 19 heavy (non-hydrogen) atoms. The second-order valence-corrected chi connectivity index (χ2v) is 8.90. The summed E-state index contributed by atoms with van der Waals surface area (Å²) >= 11 is 0. The first-order valence-electron chi connectivity index (χ1n) is 5.98. The Hall–Kier alpha value is 0.220. The molecule has 2 unspecified atom stereocenters. The molecule has 2 atom stereocenters. The Morgan fingerprint density at radius 2 is 1.74 bits per heavy atom. The van der Waals surface area contributed by atoms with Gasteiger partial charge in [0.05, 0.1) is 12.2 Å². The van der Waals surface area contributed by atoms with Gasteiger partial charge in [-0.3, -0.25) is 14.0 Å². The maximum Gasteiger partial charge on any atom is 0.357 e. The van der Waals surface area contributed by atoms with Gasteiger partial charge in [-0.2, -0.15) is 0 Å². The van der Waals surface area contributed by atoms with Gasteiger partial charge in [-0.05, 0) is 26.7 Å². The summed E-state index contributed by atoms with van der Waals surface area (Å²) < 4.78 is 28.1. The normalized spacial score (nSPS) is 25.8. The molecule has 10 heteroatoms. The van der Waals surface area contributed by atoms with E-state index < -0.39 is 26.3 Å². The molecule has 0 aromatic heterocycles. The smallest absolute Gasteiger partial charge is 0.357 e. The molecule has 1 heterocycles. The highest BCUT2D eigenvalue weighted by molar-refractivity contribution is 7.71. The zero-order valence-corrected chi connectivity index (χ0v) is 12.8. The van der Waals surface area contributed by atoms with Gasteiger partial charge in [-0.15, -0.1) is 0 Å². The third-order valence-corrected chi connectivity index (χ3v) is 7.35.